The van der Waals surface area contributed by atoms with E-state index in [9.17, 15) is 18.0 Å². The van der Waals surface area contributed by atoms with Crippen LogP contribution < -0.4 is 11.1 Å². The molecule has 3 N–H and O–H groups in total. The summed E-state index contributed by atoms with van der Waals surface area (Å²) in [6.45, 7) is 3.37. The van der Waals surface area contributed by atoms with Crippen LogP contribution in [0.15, 0.2) is 42.9 Å². The molecule has 1 aliphatic heterocycles. The molecule has 38 heavy (non-hydrogen) atoms. The maximum Gasteiger partial charge on any atom is 0.416 e. The molecule has 8 nitrogen and oxygen atoms in total. The number of likely N-dealkylation sites (N-methyl/N-ethyl adjacent to an activating group) is 1. The number of likely N-dealkylation sites (tertiary alicyclic amines) is 1. The van der Waals surface area contributed by atoms with Crippen LogP contribution in [0.2, 0.25) is 0 Å². The summed E-state index contributed by atoms with van der Waals surface area (Å²) < 4.78 is 41.8. The number of nitrogens with two attached hydrogens (primary N) is 1. The molecule has 1 aliphatic rings. The summed E-state index contributed by atoms with van der Waals surface area (Å²) in [7, 11) is 3.95. The highest BCUT2D eigenvalue weighted by Gasteiger charge is 2.35. The summed E-state index contributed by atoms with van der Waals surface area (Å²) in [5.41, 5.74) is 6.71. The molecule has 2 aromatic heterocycles. The van der Waals surface area contributed by atoms with Crippen LogP contribution >= 0.6 is 0 Å². The number of anilines is 2. The van der Waals surface area contributed by atoms with E-state index in [1.807, 2.05) is 19.0 Å². The number of alkyl halides is 3. The first kappa shape index (κ1) is 27.0. The quantitative estimate of drug-likeness (QED) is 0.493. The highest BCUT2D eigenvalue weighted by atomic mass is 19.4. The lowest BCUT2D eigenvalue weighted by molar-refractivity contribution is -0.138. The molecule has 3 aromatic rings. The van der Waals surface area contributed by atoms with E-state index >= 15 is 0 Å². The minimum absolute atomic E-state index is 0.0471. The standard InChI is InChI=1S/C27H28F3N7O/c1-17-19(5-4-18-12-33-26(31)34-13-18)10-21(14-32-17)25(38)35-22-7-6-20(24(11-22)27(28,29)30)15-37-9-8-23(16-37)36(2)3/h6-7,10-14,23H,8-9,15-16H2,1-3H3,(H,35,38)(H2,31,33,34)/t23-/m1/s1. The average Bonchev–Trinajstić information content (AvgIpc) is 3.34. The molecule has 0 aliphatic carbocycles. The molecule has 4 rings (SSSR count). The zero-order valence-electron chi connectivity index (χ0n) is 21.3. The zero-order chi connectivity index (χ0) is 27.4. The van der Waals surface area contributed by atoms with Gasteiger partial charge in [-0.3, -0.25) is 14.7 Å². The summed E-state index contributed by atoms with van der Waals surface area (Å²) in [5.74, 6) is 5.33. The smallest absolute Gasteiger partial charge is 0.368 e. The number of hydrogen-bond donors (Lipinski definition) is 2. The fraction of sp³-hybridized carbons (Fsp3) is 0.333. The number of amides is 1. The van der Waals surface area contributed by atoms with E-state index in [4.69, 9.17) is 5.73 Å². The highest BCUT2D eigenvalue weighted by molar-refractivity contribution is 6.04. The summed E-state index contributed by atoms with van der Waals surface area (Å²) in [6, 6.07) is 5.76. The number of carbonyl (C=O) groups excluding carboxylic acids is 1. The fourth-order valence-corrected chi connectivity index (χ4v) is 4.20. The Morgan fingerprint density at radius 3 is 2.55 bits per heavy atom. The molecular formula is C27H28F3N7O. The molecular weight excluding hydrogens is 495 g/mol. The van der Waals surface area contributed by atoms with Crippen molar-refractivity contribution in [2.24, 2.45) is 0 Å². The van der Waals surface area contributed by atoms with Crippen molar-refractivity contribution < 1.29 is 18.0 Å². The van der Waals surface area contributed by atoms with Gasteiger partial charge in [0.15, 0.2) is 0 Å². The first-order chi connectivity index (χ1) is 18.0. The second kappa shape index (κ2) is 11.2. The van der Waals surface area contributed by atoms with E-state index in [-0.39, 0.29) is 29.3 Å². The van der Waals surface area contributed by atoms with Crippen LogP contribution in [0.4, 0.5) is 24.8 Å². The van der Waals surface area contributed by atoms with Gasteiger partial charge in [-0.2, -0.15) is 13.2 Å². The number of nitrogen functional groups attached to an aromatic ring is 1. The molecule has 1 amide bonds. The van der Waals surface area contributed by atoms with Crippen molar-refractivity contribution in [1.29, 1.82) is 0 Å². The van der Waals surface area contributed by atoms with Crippen LogP contribution in [0.5, 0.6) is 0 Å². The van der Waals surface area contributed by atoms with Crippen molar-refractivity contribution in [2.75, 3.05) is 38.2 Å². The Morgan fingerprint density at radius 2 is 1.89 bits per heavy atom. The van der Waals surface area contributed by atoms with Gasteiger partial charge in [0.25, 0.3) is 5.91 Å². The molecule has 1 aromatic carbocycles. The second-order valence-electron chi connectivity index (χ2n) is 9.40. The summed E-state index contributed by atoms with van der Waals surface area (Å²) in [6.07, 6.45) is 0.654. The van der Waals surface area contributed by atoms with Crippen molar-refractivity contribution in [1.82, 2.24) is 24.8 Å². The topological polar surface area (TPSA) is 100 Å². The lowest BCUT2D eigenvalue weighted by atomic mass is 10.0. The molecule has 1 atom stereocenters. The second-order valence-corrected chi connectivity index (χ2v) is 9.40. The number of pyridine rings is 1. The highest BCUT2D eigenvalue weighted by Crippen LogP contribution is 2.35. The molecule has 0 saturated carbocycles. The van der Waals surface area contributed by atoms with Gasteiger partial charge in [-0.25, -0.2) is 9.97 Å². The first-order valence-corrected chi connectivity index (χ1v) is 12.0. The SMILES string of the molecule is Cc1ncc(C(=O)Nc2ccc(CN3CC[C@@H](N(C)C)C3)c(C(F)(F)F)c2)cc1C#Cc1cnc(N)nc1. The third-order valence-corrected chi connectivity index (χ3v) is 6.41. The summed E-state index contributed by atoms with van der Waals surface area (Å²) >= 11 is 0. The van der Waals surface area contributed by atoms with Crippen LogP contribution in [0.25, 0.3) is 0 Å². The summed E-state index contributed by atoms with van der Waals surface area (Å²) in [5, 5.41) is 2.56. The van der Waals surface area contributed by atoms with Gasteiger partial charge in [0.2, 0.25) is 5.95 Å². The largest absolute Gasteiger partial charge is 0.416 e. The van der Waals surface area contributed by atoms with E-state index in [2.05, 4.69) is 37.0 Å². The predicted octanol–water partition coefficient (Wildman–Crippen LogP) is 3.57. The van der Waals surface area contributed by atoms with Crippen LogP contribution in [0.3, 0.4) is 0 Å². The maximum absolute atomic E-state index is 13.9. The predicted molar refractivity (Wildman–Crippen MR) is 138 cm³/mol. The van der Waals surface area contributed by atoms with Crippen molar-refractivity contribution in [3.05, 3.63) is 76.4 Å². The number of carbonyl (C=O) groups is 1. The van der Waals surface area contributed by atoms with Crippen molar-refractivity contribution in [2.45, 2.75) is 32.1 Å². The molecule has 0 bridgehead atoms. The minimum atomic E-state index is -4.56. The Hall–Kier alpha value is -4.01. The van der Waals surface area contributed by atoms with Gasteiger partial charge in [0, 0.05) is 55.5 Å². The average molecular weight is 524 g/mol. The van der Waals surface area contributed by atoms with Gasteiger partial charge in [0.1, 0.15) is 0 Å². The Bertz CT molecular complexity index is 1380. The fourth-order valence-electron chi connectivity index (χ4n) is 4.20. The monoisotopic (exact) mass is 523 g/mol. The molecule has 198 valence electrons. The van der Waals surface area contributed by atoms with Gasteiger partial charge in [-0.1, -0.05) is 17.9 Å². The number of nitrogens with zero attached hydrogens (tertiary/aromatic N) is 5. The number of rotatable bonds is 5. The number of aromatic nitrogens is 3. The van der Waals surface area contributed by atoms with Crippen molar-refractivity contribution in [3.8, 4) is 11.8 Å². The van der Waals surface area contributed by atoms with Gasteiger partial charge in [-0.15, -0.1) is 0 Å². The van der Waals surface area contributed by atoms with Crippen molar-refractivity contribution in [3.63, 3.8) is 0 Å². The summed E-state index contributed by atoms with van der Waals surface area (Å²) in [4.78, 5) is 29.0. The Balaban J connectivity index is 1.52. The Kier molecular flexibility index (Phi) is 7.94. The molecule has 0 unspecified atom stereocenters. The van der Waals surface area contributed by atoms with E-state index < -0.39 is 17.6 Å². The molecule has 1 saturated heterocycles. The Morgan fingerprint density at radius 1 is 1.16 bits per heavy atom. The number of benzene rings is 1. The number of halogens is 3. The Labute approximate surface area is 219 Å². The number of aryl methyl sites for hydroxylation is 1. The van der Waals surface area contributed by atoms with Gasteiger partial charge in [0.05, 0.1) is 22.4 Å². The maximum atomic E-state index is 13.9. The first-order valence-electron chi connectivity index (χ1n) is 12.0. The lowest BCUT2D eigenvalue weighted by Gasteiger charge is -2.22. The van der Waals surface area contributed by atoms with Crippen molar-refractivity contribution >= 4 is 17.5 Å². The van der Waals surface area contributed by atoms with Crippen LogP contribution in [0.1, 0.15) is 44.7 Å². The van der Waals surface area contributed by atoms with Gasteiger partial charge >= 0.3 is 6.18 Å². The van der Waals surface area contributed by atoms with Gasteiger partial charge < -0.3 is 16.0 Å². The normalized spacial score (nSPS) is 15.8. The van der Waals surface area contributed by atoms with E-state index in [1.54, 1.807) is 6.92 Å². The third-order valence-electron chi connectivity index (χ3n) is 6.41. The third kappa shape index (κ3) is 6.65. The van der Waals surface area contributed by atoms with Crippen LogP contribution in [0, 0.1) is 18.8 Å². The zero-order valence-corrected chi connectivity index (χ0v) is 21.3. The number of hydrogen-bond acceptors (Lipinski definition) is 7. The van der Waals surface area contributed by atoms with E-state index in [0.29, 0.717) is 29.4 Å². The molecule has 0 radical (unpaired) electrons. The van der Waals surface area contributed by atoms with Crippen LogP contribution in [-0.4, -0.2) is 63.9 Å². The molecule has 0 spiro atoms. The molecule has 1 fully saturated rings. The number of nitrogens with one attached hydrogen (secondary N) is 1. The molecule has 11 heteroatoms. The van der Waals surface area contributed by atoms with E-state index in [1.165, 1.54) is 36.8 Å². The lowest BCUT2D eigenvalue weighted by Crippen LogP contribution is -2.31. The molecule has 3 heterocycles. The van der Waals surface area contributed by atoms with E-state index in [0.717, 1.165) is 19.0 Å². The van der Waals surface area contributed by atoms with Gasteiger partial charge in [-0.05, 0) is 51.2 Å². The van der Waals surface area contributed by atoms with Crippen LogP contribution in [-0.2, 0) is 12.7 Å². The minimum Gasteiger partial charge on any atom is -0.368 e.